The Morgan fingerprint density at radius 1 is 1.35 bits per heavy atom. The molecule has 0 saturated carbocycles. The van der Waals surface area contributed by atoms with Crippen molar-refractivity contribution in [2.24, 2.45) is 4.99 Å². The van der Waals surface area contributed by atoms with E-state index in [-0.39, 0.29) is 0 Å². The summed E-state index contributed by atoms with van der Waals surface area (Å²) < 4.78 is 2.04. The number of fused-ring (bicyclic) bond motifs is 1. The van der Waals surface area contributed by atoms with Crippen LogP contribution in [0.5, 0.6) is 0 Å². The Labute approximate surface area is 144 Å². The maximum atomic E-state index is 4.64. The first-order valence-electron chi connectivity index (χ1n) is 7.73. The normalized spacial score (nSPS) is 13.4. The van der Waals surface area contributed by atoms with Crippen LogP contribution in [0.1, 0.15) is 30.3 Å². The molecule has 3 rings (SSSR count). The quantitative estimate of drug-likeness (QED) is 0.531. The molecule has 1 atom stereocenters. The van der Waals surface area contributed by atoms with E-state index in [1.807, 2.05) is 22.2 Å². The van der Waals surface area contributed by atoms with Gasteiger partial charge in [-0.1, -0.05) is 13.0 Å². The molecule has 0 aliphatic carbocycles. The van der Waals surface area contributed by atoms with Crippen LogP contribution in [0.15, 0.2) is 40.3 Å². The fourth-order valence-corrected chi connectivity index (χ4v) is 3.78. The highest BCUT2D eigenvalue weighted by Gasteiger charge is 2.08. The molecular formula is C16H21N5S2. The van der Waals surface area contributed by atoms with Crippen LogP contribution in [0, 0.1) is 0 Å². The molecule has 7 heteroatoms. The van der Waals surface area contributed by atoms with Crippen molar-refractivity contribution in [3.8, 4) is 0 Å². The molecule has 23 heavy (non-hydrogen) atoms. The van der Waals surface area contributed by atoms with Gasteiger partial charge in [0.25, 0.3) is 0 Å². The van der Waals surface area contributed by atoms with Crippen LogP contribution in [0.2, 0.25) is 0 Å². The minimum absolute atomic E-state index is 0.469. The van der Waals surface area contributed by atoms with E-state index in [0.717, 1.165) is 29.7 Å². The molecule has 3 aromatic rings. The van der Waals surface area contributed by atoms with E-state index in [4.69, 9.17) is 0 Å². The topological polar surface area (TPSA) is 53.7 Å². The number of imidazole rings is 1. The number of thiazole rings is 1. The average molecular weight is 348 g/mol. The lowest BCUT2D eigenvalue weighted by atomic mass is 10.1. The van der Waals surface area contributed by atoms with Crippen LogP contribution in [-0.2, 0) is 6.54 Å². The van der Waals surface area contributed by atoms with Crippen molar-refractivity contribution in [2.75, 3.05) is 13.1 Å². The summed E-state index contributed by atoms with van der Waals surface area (Å²) in [6.45, 7) is 6.59. The van der Waals surface area contributed by atoms with Crippen LogP contribution in [-0.4, -0.2) is 28.4 Å². The zero-order chi connectivity index (χ0) is 16.1. The van der Waals surface area contributed by atoms with Gasteiger partial charge in [-0.3, -0.25) is 4.40 Å². The van der Waals surface area contributed by atoms with Crippen LogP contribution < -0.4 is 10.6 Å². The Bertz CT molecular complexity index is 728. The first kappa shape index (κ1) is 16.0. The van der Waals surface area contributed by atoms with Gasteiger partial charge in [0, 0.05) is 41.7 Å². The summed E-state index contributed by atoms with van der Waals surface area (Å²) in [7, 11) is 0. The highest BCUT2D eigenvalue weighted by Crippen LogP contribution is 2.19. The maximum Gasteiger partial charge on any atom is 0.193 e. The van der Waals surface area contributed by atoms with Crippen molar-refractivity contribution in [1.82, 2.24) is 20.0 Å². The van der Waals surface area contributed by atoms with Gasteiger partial charge in [0.15, 0.2) is 10.9 Å². The largest absolute Gasteiger partial charge is 0.357 e. The van der Waals surface area contributed by atoms with Crippen molar-refractivity contribution in [1.29, 1.82) is 0 Å². The monoisotopic (exact) mass is 347 g/mol. The first-order chi connectivity index (χ1) is 11.3. The van der Waals surface area contributed by atoms with Gasteiger partial charge in [0.2, 0.25) is 0 Å². The lowest BCUT2D eigenvalue weighted by Gasteiger charge is -2.14. The third-order valence-corrected chi connectivity index (χ3v) is 5.37. The van der Waals surface area contributed by atoms with Gasteiger partial charge >= 0.3 is 0 Å². The van der Waals surface area contributed by atoms with Crippen LogP contribution in [0.25, 0.3) is 4.96 Å². The number of hydrogen-bond acceptors (Lipinski definition) is 4. The number of aromatic nitrogens is 2. The van der Waals surface area contributed by atoms with Crippen molar-refractivity contribution in [2.45, 2.75) is 26.3 Å². The van der Waals surface area contributed by atoms with E-state index in [0.29, 0.717) is 12.5 Å². The van der Waals surface area contributed by atoms with Crippen LogP contribution in [0.3, 0.4) is 0 Å². The number of hydrogen-bond donors (Lipinski definition) is 2. The fourth-order valence-electron chi connectivity index (χ4n) is 2.28. The summed E-state index contributed by atoms with van der Waals surface area (Å²) in [4.78, 5) is 11.6. The van der Waals surface area contributed by atoms with Crippen molar-refractivity contribution >= 4 is 33.6 Å². The minimum atomic E-state index is 0.469. The zero-order valence-electron chi connectivity index (χ0n) is 13.3. The van der Waals surface area contributed by atoms with Crippen molar-refractivity contribution < 1.29 is 0 Å². The highest BCUT2D eigenvalue weighted by molar-refractivity contribution is 7.15. The van der Waals surface area contributed by atoms with Crippen LogP contribution >= 0.6 is 22.7 Å². The van der Waals surface area contributed by atoms with Gasteiger partial charge in [0.1, 0.15) is 0 Å². The predicted molar refractivity (Wildman–Crippen MR) is 98.6 cm³/mol. The van der Waals surface area contributed by atoms with E-state index in [2.05, 4.69) is 52.0 Å². The summed E-state index contributed by atoms with van der Waals surface area (Å²) in [6.07, 6.45) is 4.06. The Kier molecular flexibility index (Phi) is 5.30. The first-order valence-corrected chi connectivity index (χ1v) is 9.49. The molecule has 5 nitrogen and oxygen atoms in total. The molecule has 0 aliphatic heterocycles. The summed E-state index contributed by atoms with van der Waals surface area (Å²) in [6, 6.07) is 4.28. The molecule has 3 heterocycles. The Hall–Kier alpha value is -1.86. The maximum absolute atomic E-state index is 4.64. The Morgan fingerprint density at radius 3 is 3.00 bits per heavy atom. The van der Waals surface area contributed by atoms with E-state index in [1.54, 1.807) is 22.7 Å². The number of rotatable bonds is 6. The van der Waals surface area contributed by atoms with Crippen molar-refractivity contribution in [3.63, 3.8) is 0 Å². The molecule has 0 aliphatic rings. The number of nitrogens with zero attached hydrogens (tertiary/aromatic N) is 3. The van der Waals surface area contributed by atoms with E-state index in [1.165, 1.54) is 4.88 Å². The third-order valence-electron chi connectivity index (χ3n) is 3.49. The van der Waals surface area contributed by atoms with E-state index < -0.39 is 0 Å². The molecule has 0 radical (unpaired) electrons. The molecule has 1 unspecified atom stereocenters. The fraction of sp³-hybridized carbons (Fsp3) is 0.375. The molecule has 3 aromatic heterocycles. The van der Waals surface area contributed by atoms with Gasteiger partial charge in [0.05, 0.1) is 12.2 Å². The Morgan fingerprint density at radius 2 is 2.26 bits per heavy atom. The van der Waals surface area contributed by atoms with Gasteiger partial charge in [-0.15, -0.1) is 22.7 Å². The second-order valence-corrected chi connectivity index (χ2v) is 7.17. The summed E-state index contributed by atoms with van der Waals surface area (Å²) >= 11 is 3.44. The molecule has 0 saturated heterocycles. The average Bonchev–Trinajstić information content (AvgIpc) is 3.25. The molecule has 2 N–H and O–H groups in total. The van der Waals surface area contributed by atoms with Gasteiger partial charge in [-0.25, -0.2) is 9.98 Å². The summed E-state index contributed by atoms with van der Waals surface area (Å²) in [5.74, 6) is 1.31. The minimum Gasteiger partial charge on any atom is -0.357 e. The number of thiophene rings is 1. The second-order valence-electron chi connectivity index (χ2n) is 5.32. The molecule has 0 fully saturated rings. The molecule has 0 aromatic carbocycles. The lowest BCUT2D eigenvalue weighted by molar-refractivity contribution is 0.709. The van der Waals surface area contributed by atoms with E-state index in [9.17, 15) is 0 Å². The van der Waals surface area contributed by atoms with Gasteiger partial charge in [-0.05, 0) is 18.4 Å². The molecule has 0 bridgehead atoms. The zero-order valence-corrected chi connectivity index (χ0v) is 15.0. The second kappa shape index (κ2) is 7.61. The summed E-state index contributed by atoms with van der Waals surface area (Å²) in [5.41, 5.74) is 0.986. The Balaban J connectivity index is 1.59. The molecular weight excluding hydrogens is 326 g/mol. The van der Waals surface area contributed by atoms with Gasteiger partial charge in [-0.2, -0.15) is 0 Å². The van der Waals surface area contributed by atoms with Crippen LogP contribution in [0.4, 0.5) is 0 Å². The highest BCUT2D eigenvalue weighted by atomic mass is 32.1. The molecule has 0 spiro atoms. The number of aliphatic imine (C=N–C) groups is 1. The van der Waals surface area contributed by atoms with E-state index >= 15 is 0 Å². The lowest BCUT2D eigenvalue weighted by Crippen LogP contribution is -2.39. The number of guanidine groups is 1. The summed E-state index contributed by atoms with van der Waals surface area (Å²) in [5, 5.41) is 10.9. The number of nitrogens with one attached hydrogen (secondary N) is 2. The SMILES string of the molecule is CCNC(=NCc1cn2ccsc2n1)NCC(C)c1cccs1. The standard InChI is InChI=1S/C16H21N5S2/c1-3-17-15(18-9-12(2)14-5-4-7-22-14)19-10-13-11-21-6-8-23-16(21)20-13/h4-8,11-12H,3,9-10H2,1-2H3,(H2,17,18,19). The van der Waals surface area contributed by atoms with Crippen molar-refractivity contribution in [3.05, 3.63) is 45.9 Å². The smallest absolute Gasteiger partial charge is 0.193 e. The molecule has 122 valence electrons. The van der Waals surface area contributed by atoms with Gasteiger partial charge < -0.3 is 10.6 Å². The third kappa shape index (κ3) is 4.11. The molecule has 0 amide bonds. The predicted octanol–water partition coefficient (Wildman–Crippen LogP) is 3.32.